The zero-order valence-electron chi connectivity index (χ0n) is 19.9. The molecule has 3 heterocycles. The standard InChI is InChI=1S/C29H27N3O3/c1-19-8-10-20(11-9-19)15-32-25-13-12-22(35-18-21-6-4-3-5-7-21)14-23(25)27-24-16-31(17-26(27)32)29(34)30(2)28(24)33/h3-14,24H,15-18H2,1-2H3. The number of aryl methyl sites for hydroxylation is 1. The Labute approximate surface area is 204 Å². The maximum Gasteiger partial charge on any atom is 0.326 e. The predicted octanol–water partition coefficient (Wildman–Crippen LogP) is 5.07. The number of amides is 3. The van der Waals surface area contributed by atoms with Crippen LogP contribution in [-0.2, 0) is 24.5 Å². The van der Waals surface area contributed by atoms with Gasteiger partial charge in [-0.3, -0.25) is 9.69 Å². The van der Waals surface area contributed by atoms with E-state index in [0.717, 1.165) is 33.5 Å². The molecule has 6 heteroatoms. The lowest BCUT2D eigenvalue weighted by molar-refractivity contribution is -0.132. The topological polar surface area (TPSA) is 54.8 Å². The number of benzene rings is 3. The lowest BCUT2D eigenvalue weighted by atomic mass is 9.89. The number of likely N-dealkylation sites (N-methyl/N-ethyl adjacent to an activating group) is 1. The lowest BCUT2D eigenvalue weighted by Crippen LogP contribution is -2.56. The molecule has 0 radical (unpaired) electrons. The van der Waals surface area contributed by atoms with Crippen LogP contribution in [0.15, 0.2) is 72.8 Å². The summed E-state index contributed by atoms with van der Waals surface area (Å²) >= 11 is 0. The molecule has 2 aliphatic heterocycles. The molecule has 2 aliphatic rings. The van der Waals surface area contributed by atoms with Crippen LogP contribution in [0.25, 0.3) is 10.9 Å². The third kappa shape index (κ3) is 3.66. The Morgan fingerprint density at radius 1 is 0.943 bits per heavy atom. The van der Waals surface area contributed by atoms with Gasteiger partial charge in [-0.15, -0.1) is 0 Å². The minimum Gasteiger partial charge on any atom is -0.489 e. The summed E-state index contributed by atoms with van der Waals surface area (Å²) in [6.07, 6.45) is 0. The van der Waals surface area contributed by atoms with Gasteiger partial charge in [0.2, 0.25) is 5.91 Å². The average molecular weight is 466 g/mol. The summed E-state index contributed by atoms with van der Waals surface area (Å²) in [5.74, 6) is 0.261. The highest BCUT2D eigenvalue weighted by Gasteiger charge is 2.44. The van der Waals surface area contributed by atoms with Crippen LogP contribution >= 0.6 is 0 Å². The normalized spacial score (nSPS) is 17.1. The molecule has 1 fully saturated rings. The summed E-state index contributed by atoms with van der Waals surface area (Å²) in [6, 6.07) is 24.5. The second kappa shape index (κ2) is 8.31. The van der Waals surface area contributed by atoms with Crippen LogP contribution in [-0.4, -0.2) is 39.9 Å². The van der Waals surface area contributed by atoms with Crippen LogP contribution < -0.4 is 4.74 Å². The Balaban J connectivity index is 1.46. The zero-order chi connectivity index (χ0) is 24.1. The van der Waals surface area contributed by atoms with Gasteiger partial charge in [-0.2, -0.15) is 0 Å². The van der Waals surface area contributed by atoms with Crippen LogP contribution in [0, 0.1) is 6.92 Å². The van der Waals surface area contributed by atoms with E-state index < -0.39 is 0 Å². The highest BCUT2D eigenvalue weighted by molar-refractivity contribution is 6.04. The van der Waals surface area contributed by atoms with Crippen LogP contribution in [0.5, 0.6) is 5.75 Å². The Bertz CT molecular complexity index is 1440. The van der Waals surface area contributed by atoms with Crippen LogP contribution in [0.4, 0.5) is 4.79 Å². The number of urea groups is 1. The van der Waals surface area contributed by atoms with Gasteiger partial charge in [0.05, 0.1) is 12.5 Å². The molecule has 0 spiro atoms. The molecule has 1 aromatic heterocycles. The Hall–Kier alpha value is -4.06. The quantitative estimate of drug-likeness (QED) is 0.414. The SMILES string of the molecule is Cc1ccc(Cn2c3c(c4cc(OCc5ccccc5)ccc42)C2CN(C3)C(=O)N(C)C2=O)cc1. The van der Waals surface area contributed by atoms with E-state index in [4.69, 9.17) is 4.74 Å². The smallest absolute Gasteiger partial charge is 0.326 e. The number of nitrogens with zero attached hydrogens (tertiary/aromatic N) is 3. The summed E-state index contributed by atoms with van der Waals surface area (Å²) in [5.41, 5.74) is 6.61. The summed E-state index contributed by atoms with van der Waals surface area (Å²) in [6.45, 7) is 4.15. The number of fused-ring (bicyclic) bond motifs is 6. The summed E-state index contributed by atoms with van der Waals surface area (Å²) in [5, 5.41) is 1.03. The van der Waals surface area contributed by atoms with Gasteiger partial charge in [-0.05, 0) is 41.8 Å². The van der Waals surface area contributed by atoms with E-state index in [2.05, 4.69) is 47.9 Å². The van der Waals surface area contributed by atoms with E-state index in [1.807, 2.05) is 36.4 Å². The first-order chi connectivity index (χ1) is 17.0. The molecule has 3 aromatic carbocycles. The number of hydrogen-bond donors (Lipinski definition) is 0. The molecule has 4 aromatic rings. The maximum absolute atomic E-state index is 13.2. The molecule has 1 unspecified atom stereocenters. The van der Waals surface area contributed by atoms with Crippen LogP contribution in [0.3, 0.4) is 0 Å². The number of aromatic nitrogens is 1. The van der Waals surface area contributed by atoms with Crippen molar-refractivity contribution < 1.29 is 14.3 Å². The van der Waals surface area contributed by atoms with Crippen molar-refractivity contribution in [1.29, 1.82) is 0 Å². The number of carbonyl (C=O) groups excluding carboxylic acids is 2. The van der Waals surface area contributed by atoms with E-state index >= 15 is 0 Å². The van der Waals surface area contributed by atoms with Crippen LogP contribution in [0.2, 0.25) is 0 Å². The van der Waals surface area contributed by atoms with Crippen molar-refractivity contribution in [1.82, 2.24) is 14.4 Å². The molecule has 176 valence electrons. The highest BCUT2D eigenvalue weighted by atomic mass is 16.5. The first-order valence-corrected chi connectivity index (χ1v) is 11.9. The van der Waals surface area contributed by atoms with Crippen molar-refractivity contribution in [3.05, 3.63) is 101 Å². The van der Waals surface area contributed by atoms with Crippen molar-refractivity contribution in [3.8, 4) is 5.75 Å². The van der Waals surface area contributed by atoms with E-state index in [9.17, 15) is 9.59 Å². The fourth-order valence-corrected chi connectivity index (χ4v) is 5.30. The van der Waals surface area contributed by atoms with Gasteiger partial charge in [-0.1, -0.05) is 60.2 Å². The molecule has 1 saturated heterocycles. The molecule has 3 amide bonds. The van der Waals surface area contributed by atoms with Gasteiger partial charge < -0.3 is 14.2 Å². The van der Waals surface area contributed by atoms with Crippen molar-refractivity contribution >= 4 is 22.8 Å². The first-order valence-electron chi connectivity index (χ1n) is 11.9. The maximum atomic E-state index is 13.2. The number of rotatable bonds is 5. The van der Waals surface area contributed by atoms with Crippen molar-refractivity contribution in [3.63, 3.8) is 0 Å². The van der Waals surface area contributed by atoms with E-state index in [1.54, 1.807) is 11.9 Å². The first kappa shape index (κ1) is 21.5. The van der Waals surface area contributed by atoms with Crippen molar-refractivity contribution in [2.45, 2.75) is 32.5 Å². The molecular formula is C29H27N3O3. The Morgan fingerprint density at radius 2 is 1.71 bits per heavy atom. The van der Waals surface area contributed by atoms with Crippen molar-refractivity contribution in [2.24, 2.45) is 0 Å². The number of hydrogen-bond acceptors (Lipinski definition) is 3. The molecular weight excluding hydrogens is 438 g/mol. The minimum atomic E-state index is -0.368. The Morgan fingerprint density at radius 3 is 2.49 bits per heavy atom. The molecule has 2 bridgehead atoms. The monoisotopic (exact) mass is 465 g/mol. The third-order valence-electron chi connectivity index (χ3n) is 7.17. The molecule has 0 N–H and O–H groups in total. The minimum absolute atomic E-state index is 0.141. The predicted molar refractivity (Wildman–Crippen MR) is 134 cm³/mol. The fraction of sp³-hybridized carbons (Fsp3) is 0.241. The van der Waals surface area contributed by atoms with Crippen LogP contribution in [0.1, 0.15) is 33.9 Å². The van der Waals surface area contributed by atoms with E-state index in [1.165, 1.54) is 16.0 Å². The van der Waals surface area contributed by atoms with Gasteiger partial charge >= 0.3 is 6.03 Å². The molecule has 6 nitrogen and oxygen atoms in total. The number of ether oxygens (including phenoxy) is 1. The lowest BCUT2D eigenvalue weighted by Gasteiger charge is -2.41. The largest absolute Gasteiger partial charge is 0.489 e. The third-order valence-corrected chi connectivity index (χ3v) is 7.17. The number of carbonyl (C=O) groups is 2. The zero-order valence-corrected chi connectivity index (χ0v) is 19.9. The highest BCUT2D eigenvalue weighted by Crippen LogP contribution is 2.41. The summed E-state index contributed by atoms with van der Waals surface area (Å²) in [4.78, 5) is 29.0. The molecule has 0 aliphatic carbocycles. The average Bonchev–Trinajstić information content (AvgIpc) is 3.19. The van der Waals surface area contributed by atoms with Gasteiger partial charge in [0.15, 0.2) is 0 Å². The van der Waals surface area contributed by atoms with Gasteiger partial charge in [-0.25, -0.2) is 4.79 Å². The second-order valence-electron chi connectivity index (χ2n) is 9.50. The second-order valence-corrected chi connectivity index (χ2v) is 9.50. The number of imide groups is 1. The summed E-state index contributed by atoms with van der Waals surface area (Å²) in [7, 11) is 1.58. The molecule has 1 atom stereocenters. The summed E-state index contributed by atoms with van der Waals surface area (Å²) < 4.78 is 8.40. The fourth-order valence-electron chi connectivity index (χ4n) is 5.30. The van der Waals surface area contributed by atoms with E-state index in [-0.39, 0.29) is 17.9 Å². The Kier molecular flexibility index (Phi) is 5.10. The molecule has 35 heavy (non-hydrogen) atoms. The van der Waals surface area contributed by atoms with Gasteiger partial charge in [0.25, 0.3) is 0 Å². The van der Waals surface area contributed by atoms with Gasteiger partial charge in [0.1, 0.15) is 12.4 Å². The van der Waals surface area contributed by atoms with Gasteiger partial charge in [0, 0.05) is 36.7 Å². The van der Waals surface area contributed by atoms with E-state index in [0.29, 0.717) is 26.2 Å². The molecule has 6 rings (SSSR count). The van der Waals surface area contributed by atoms with Crippen molar-refractivity contribution in [2.75, 3.05) is 13.6 Å². The molecule has 0 saturated carbocycles.